The lowest BCUT2D eigenvalue weighted by atomic mass is 10.0. The van der Waals surface area contributed by atoms with Gasteiger partial charge in [0.15, 0.2) is 0 Å². The molecule has 1 N–H and O–H groups in total. The zero-order valence-electron chi connectivity index (χ0n) is 12.4. The van der Waals surface area contributed by atoms with Crippen LogP contribution in [0.25, 0.3) is 0 Å². The first-order chi connectivity index (χ1) is 9.75. The van der Waals surface area contributed by atoms with E-state index in [-0.39, 0.29) is 12.1 Å². The molecule has 0 radical (unpaired) electrons. The van der Waals surface area contributed by atoms with Gasteiger partial charge in [0.2, 0.25) is 0 Å². The highest BCUT2D eigenvalue weighted by Crippen LogP contribution is 2.34. The summed E-state index contributed by atoms with van der Waals surface area (Å²) in [6.07, 6.45) is -3.42. The van der Waals surface area contributed by atoms with E-state index < -0.39 is 11.7 Å². The predicted molar refractivity (Wildman–Crippen MR) is 81.3 cm³/mol. The van der Waals surface area contributed by atoms with Gasteiger partial charge in [0.05, 0.1) is 24.3 Å². The summed E-state index contributed by atoms with van der Waals surface area (Å²) in [6.45, 7) is 6.86. The molecule has 0 heterocycles. The zero-order valence-corrected chi connectivity index (χ0v) is 14.0. The van der Waals surface area contributed by atoms with Crippen molar-refractivity contribution in [3.8, 4) is 0 Å². The summed E-state index contributed by atoms with van der Waals surface area (Å²) in [4.78, 5) is 0. The highest BCUT2D eigenvalue weighted by atomic mass is 79.9. The number of benzene rings is 1. The van der Waals surface area contributed by atoms with Gasteiger partial charge in [-0.15, -0.1) is 0 Å². The standard InChI is InChI=1S/C15H21BrF3NO/c1-4-7-20-14(9-21-10(2)3)12-8-11(15(17,18)19)5-6-13(12)16/h5-6,8,10,14,20H,4,7,9H2,1-3H3. The molecule has 0 saturated carbocycles. The lowest BCUT2D eigenvalue weighted by Gasteiger charge is -2.22. The molecule has 1 aromatic carbocycles. The van der Waals surface area contributed by atoms with Crippen molar-refractivity contribution in [3.05, 3.63) is 33.8 Å². The maximum absolute atomic E-state index is 12.9. The van der Waals surface area contributed by atoms with Gasteiger partial charge in [-0.3, -0.25) is 0 Å². The molecule has 0 amide bonds. The van der Waals surface area contributed by atoms with Crippen molar-refractivity contribution in [3.63, 3.8) is 0 Å². The summed E-state index contributed by atoms with van der Waals surface area (Å²) < 4.78 is 44.8. The maximum Gasteiger partial charge on any atom is 0.416 e. The van der Waals surface area contributed by atoms with Crippen molar-refractivity contribution in [1.82, 2.24) is 5.32 Å². The van der Waals surface area contributed by atoms with Crippen molar-refractivity contribution in [2.45, 2.75) is 45.5 Å². The molecule has 0 aliphatic heterocycles. The Hall–Kier alpha value is -0.590. The van der Waals surface area contributed by atoms with Gasteiger partial charge >= 0.3 is 6.18 Å². The lowest BCUT2D eigenvalue weighted by molar-refractivity contribution is -0.137. The molecule has 1 rings (SSSR count). The van der Waals surface area contributed by atoms with Crippen molar-refractivity contribution in [1.29, 1.82) is 0 Å². The normalized spacial score (nSPS) is 13.7. The topological polar surface area (TPSA) is 21.3 Å². The Labute approximate surface area is 132 Å². The van der Waals surface area contributed by atoms with Crippen LogP contribution in [0.15, 0.2) is 22.7 Å². The Balaban J connectivity index is 3.04. The van der Waals surface area contributed by atoms with Crippen LogP contribution < -0.4 is 5.32 Å². The van der Waals surface area contributed by atoms with Crippen LogP contribution in [0.3, 0.4) is 0 Å². The zero-order chi connectivity index (χ0) is 16.0. The highest BCUT2D eigenvalue weighted by Gasteiger charge is 2.31. The van der Waals surface area contributed by atoms with E-state index in [1.807, 2.05) is 20.8 Å². The number of hydrogen-bond acceptors (Lipinski definition) is 2. The molecule has 120 valence electrons. The van der Waals surface area contributed by atoms with Crippen LogP contribution in [-0.4, -0.2) is 19.3 Å². The third-order valence-corrected chi connectivity index (χ3v) is 3.66. The predicted octanol–water partition coefficient (Wildman–Crippen LogP) is 4.93. The van der Waals surface area contributed by atoms with Gasteiger partial charge in [0.1, 0.15) is 0 Å². The van der Waals surface area contributed by atoms with Crippen molar-refractivity contribution < 1.29 is 17.9 Å². The number of halogens is 4. The summed E-state index contributed by atoms with van der Waals surface area (Å²) in [5.74, 6) is 0. The number of nitrogens with one attached hydrogen (secondary N) is 1. The maximum atomic E-state index is 12.9. The molecule has 0 fully saturated rings. The molecule has 21 heavy (non-hydrogen) atoms. The van der Waals surface area contributed by atoms with Crippen molar-refractivity contribution in [2.75, 3.05) is 13.2 Å². The van der Waals surface area contributed by atoms with E-state index >= 15 is 0 Å². The monoisotopic (exact) mass is 367 g/mol. The molecule has 1 aromatic rings. The molecule has 6 heteroatoms. The number of ether oxygens (including phenoxy) is 1. The fourth-order valence-electron chi connectivity index (χ4n) is 1.85. The summed E-state index contributed by atoms with van der Waals surface area (Å²) in [5.41, 5.74) is -0.0764. The average molecular weight is 368 g/mol. The molecule has 0 aliphatic rings. The fraction of sp³-hybridized carbons (Fsp3) is 0.600. The minimum Gasteiger partial charge on any atom is -0.377 e. The highest BCUT2D eigenvalue weighted by molar-refractivity contribution is 9.10. The summed E-state index contributed by atoms with van der Waals surface area (Å²) >= 11 is 3.33. The van der Waals surface area contributed by atoms with Gasteiger partial charge < -0.3 is 10.1 Å². The van der Waals surface area contributed by atoms with Crippen LogP contribution in [0.5, 0.6) is 0 Å². The van der Waals surface area contributed by atoms with E-state index in [1.165, 1.54) is 12.1 Å². The van der Waals surface area contributed by atoms with Crippen molar-refractivity contribution >= 4 is 15.9 Å². The molecule has 2 nitrogen and oxygen atoms in total. The first-order valence-electron chi connectivity index (χ1n) is 6.97. The number of hydrogen-bond donors (Lipinski definition) is 1. The second kappa shape index (κ2) is 8.15. The SMILES string of the molecule is CCCNC(COC(C)C)c1cc(C(F)(F)F)ccc1Br. The van der Waals surface area contributed by atoms with Gasteiger partial charge in [-0.05, 0) is 50.6 Å². The molecule has 0 bridgehead atoms. The van der Waals surface area contributed by atoms with Crippen LogP contribution in [0.1, 0.15) is 44.4 Å². The summed E-state index contributed by atoms with van der Waals surface area (Å²) in [6, 6.07) is 3.42. The first-order valence-corrected chi connectivity index (χ1v) is 7.76. The fourth-order valence-corrected chi connectivity index (χ4v) is 2.38. The van der Waals surface area contributed by atoms with Crippen LogP contribution in [0.4, 0.5) is 13.2 Å². The Morgan fingerprint density at radius 3 is 2.48 bits per heavy atom. The third kappa shape index (κ3) is 5.96. The second-order valence-corrected chi connectivity index (χ2v) is 5.98. The Bertz CT molecular complexity index is 449. The first kappa shape index (κ1) is 18.5. The van der Waals surface area contributed by atoms with E-state index in [0.717, 1.165) is 19.0 Å². The van der Waals surface area contributed by atoms with E-state index in [9.17, 15) is 13.2 Å². The van der Waals surface area contributed by atoms with Crippen LogP contribution >= 0.6 is 15.9 Å². The lowest BCUT2D eigenvalue weighted by Crippen LogP contribution is -2.28. The largest absolute Gasteiger partial charge is 0.416 e. The summed E-state index contributed by atoms with van der Waals surface area (Å²) in [7, 11) is 0. The Kier molecular flexibility index (Phi) is 7.16. The minimum absolute atomic E-state index is 0.0282. The molecule has 0 saturated heterocycles. The van der Waals surface area contributed by atoms with E-state index in [2.05, 4.69) is 21.2 Å². The van der Waals surface area contributed by atoms with E-state index in [4.69, 9.17) is 4.74 Å². The van der Waals surface area contributed by atoms with Gasteiger partial charge in [0.25, 0.3) is 0 Å². The number of alkyl halides is 3. The van der Waals surface area contributed by atoms with E-state index in [1.54, 1.807) is 0 Å². The van der Waals surface area contributed by atoms with Gasteiger partial charge in [0, 0.05) is 4.47 Å². The molecular formula is C15H21BrF3NO. The Morgan fingerprint density at radius 2 is 1.95 bits per heavy atom. The van der Waals surface area contributed by atoms with Gasteiger partial charge in [-0.2, -0.15) is 13.2 Å². The van der Waals surface area contributed by atoms with Crippen LogP contribution in [0, 0.1) is 0 Å². The van der Waals surface area contributed by atoms with E-state index in [0.29, 0.717) is 16.6 Å². The van der Waals surface area contributed by atoms with Crippen LogP contribution in [0.2, 0.25) is 0 Å². The average Bonchev–Trinajstić information content (AvgIpc) is 2.38. The molecule has 0 aromatic heterocycles. The molecule has 0 aliphatic carbocycles. The molecular weight excluding hydrogens is 347 g/mol. The molecule has 1 atom stereocenters. The Morgan fingerprint density at radius 1 is 1.29 bits per heavy atom. The smallest absolute Gasteiger partial charge is 0.377 e. The van der Waals surface area contributed by atoms with Crippen molar-refractivity contribution in [2.24, 2.45) is 0 Å². The molecule has 1 unspecified atom stereocenters. The third-order valence-electron chi connectivity index (χ3n) is 2.94. The number of rotatable bonds is 7. The summed E-state index contributed by atoms with van der Waals surface area (Å²) in [5, 5.41) is 3.24. The second-order valence-electron chi connectivity index (χ2n) is 5.12. The van der Waals surface area contributed by atoms with Gasteiger partial charge in [-0.25, -0.2) is 0 Å². The molecule has 0 spiro atoms. The van der Waals surface area contributed by atoms with Gasteiger partial charge in [-0.1, -0.05) is 22.9 Å². The minimum atomic E-state index is -4.34. The quantitative estimate of drug-likeness (QED) is 0.737. The van der Waals surface area contributed by atoms with Crippen LogP contribution in [-0.2, 0) is 10.9 Å².